The number of ether oxygens (including phenoxy) is 2. The van der Waals surface area contributed by atoms with Gasteiger partial charge in [-0.2, -0.15) is 5.10 Å². The van der Waals surface area contributed by atoms with E-state index in [2.05, 4.69) is 27.6 Å². The lowest BCUT2D eigenvalue weighted by atomic mass is 10.1. The van der Waals surface area contributed by atoms with Gasteiger partial charge < -0.3 is 20.1 Å². The highest BCUT2D eigenvalue weighted by Gasteiger charge is 2.12. The lowest BCUT2D eigenvalue weighted by molar-refractivity contribution is -0.118. The molecule has 148 valence electrons. The minimum Gasteiger partial charge on any atom is -0.488 e. The smallest absolute Gasteiger partial charge is 0.257 e. The molecule has 0 radical (unpaired) electrons. The number of rotatable bonds is 7. The molecule has 2 amide bonds. The number of aromatic nitrogens is 2. The van der Waals surface area contributed by atoms with E-state index in [-0.39, 0.29) is 24.5 Å². The van der Waals surface area contributed by atoms with E-state index in [1.54, 1.807) is 49.3 Å². The number of hydrogen-bond acceptors (Lipinski definition) is 5. The average molecular weight is 384 g/mol. The van der Waals surface area contributed by atoms with E-state index in [9.17, 15) is 9.59 Å². The van der Waals surface area contributed by atoms with Crippen LogP contribution < -0.4 is 15.4 Å². The van der Waals surface area contributed by atoms with E-state index in [1.807, 2.05) is 6.92 Å². The summed E-state index contributed by atoms with van der Waals surface area (Å²) >= 11 is 0. The predicted octanol–water partition coefficient (Wildman–Crippen LogP) is 1.57. The second kappa shape index (κ2) is 10.1. The van der Waals surface area contributed by atoms with E-state index in [1.165, 1.54) is 6.92 Å². The first kappa shape index (κ1) is 21.0. The van der Waals surface area contributed by atoms with Gasteiger partial charge >= 0.3 is 0 Å². The van der Waals surface area contributed by atoms with Crippen molar-refractivity contribution in [2.45, 2.75) is 20.0 Å². The van der Waals surface area contributed by atoms with Crippen LogP contribution in [0.2, 0.25) is 0 Å². The van der Waals surface area contributed by atoms with E-state index in [4.69, 9.17) is 9.47 Å². The van der Waals surface area contributed by atoms with Crippen LogP contribution in [0.4, 0.5) is 5.82 Å². The average Bonchev–Trinajstić information content (AvgIpc) is 3.03. The molecule has 0 bridgehead atoms. The number of carbonyl (C=O) groups is 2. The Morgan fingerprint density at radius 2 is 2.11 bits per heavy atom. The van der Waals surface area contributed by atoms with Crippen molar-refractivity contribution in [3.63, 3.8) is 0 Å². The Labute approximate surface area is 164 Å². The van der Waals surface area contributed by atoms with E-state index < -0.39 is 0 Å². The number of carbonyl (C=O) groups excluding carboxylic acids is 2. The maximum absolute atomic E-state index is 12.6. The Kier molecular flexibility index (Phi) is 7.60. The molecule has 0 fully saturated rings. The SMILES string of the molecule is COC[C@H](C)Oc1cc(C#CCNC(C)=O)cc(C(=O)Nc2ccn(C)n2)c1. The Balaban J connectivity index is 2.24. The first-order chi connectivity index (χ1) is 13.4. The maximum Gasteiger partial charge on any atom is 0.257 e. The van der Waals surface area contributed by atoms with Gasteiger partial charge in [0.1, 0.15) is 11.9 Å². The molecule has 0 spiro atoms. The topological polar surface area (TPSA) is 94.5 Å². The molecule has 2 N–H and O–H groups in total. The number of nitrogens with one attached hydrogen (secondary N) is 2. The highest BCUT2D eigenvalue weighted by Crippen LogP contribution is 2.19. The summed E-state index contributed by atoms with van der Waals surface area (Å²) < 4.78 is 12.5. The minimum absolute atomic E-state index is 0.157. The number of anilines is 1. The molecule has 8 heteroatoms. The molecule has 0 aliphatic heterocycles. The van der Waals surface area contributed by atoms with Crippen LogP contribution in [-0.2, 0) is 16.6 Å². The van der Waals surface area contributed by atoms with Crippen LogP contribution in [0.25, 0.3) is 0 Å². The molecule has 0 saturated carbocycles. The summed E-state index contributed by atoms with van der Waals surface area (Å²) in [5, 5.41) is 9.48. The zero-order valence-electron chi connectivity index (χ0n) is 16.4. The third kappa shape index (κ3) is 6.78. The molecule has 0 aliphatic carbocycles. The monoisotopic (exact) mass is 384 g/mol. The van der Waals surface area contributed by atoms with Crippen molar-refractivity contribution in [1.82, 2.24) is 15.1 Å². The highest BCUT2D eigenvalue weighted by molar-refractivity contribution is 6.04. The van der Waals surface area contributed by atoms with Crippen molar-refractivity contribution in [1.29, 1.82) is 0 Å². The van der Waals surface area contributed by atoms with Crippen LogP contribution in [0, 0.1) is 11.8 Å². The third-order valence-corrected chi connectivity index (χ3v) is 3.52. The van der Waals surface area contributed by atoms with Crippen LogP contribution >= 0.6 is 0 Å². The molecular weight excluding hydrogens is 360 g/mol. The largest absolute Gasteiger partial charge is 0.488 e. The Bertz CT molecular complexity index is 895. The fourth-order valence-corrected chi connectivity index (χ4v) is 2.36. The molecule has 2 rings (SSSR count). The van der Waals surface area contributed by atoms with Crippen LogP contribution in [0.5, 0.6) is 5.75 Å². The summed E-state index contributed by atoms with van der Waals surface area (Å²) in [4.78, 5) is 23.6. The van der Waals surface area contributed by atoms with Crippen LogP contribution in [0.15, 0.2) is 30.5 Å². The molecule has 2 aromatic rings. The zero-order valence-corrected chi connectivity index (χ0v) is 16.4. The summed E-state index contributed by atoms with van der Waals surface area (Å²) in [6.07, 6.45) is 1.54. The minimum atomic E-state index is -0.326. The van der Waals surface area contributed by atoms with Crippen molar-refractivity contribution in [3.05, 3.63) is 41.6 Å². The molecule has 1 heterocycles. The number of aryl methyl sites for hydroxylation is 1. The van der Waals surface area contributed by atoms with Gasteiger partial charge in [-0.05, 0) is 25.1 Å². The lowest BCUT2D eigenvalue weighted by Gasteiger charge is -2.15. The van der Waals surface area contributed by atoms with E-state index >= 15 is 0 Å². The van der Waals surface area contributed by atoms with E-state index in [0.717, 1.165) is 0 Å². The summed E-state index contributed by atoms with van der Waals surface area (Å²) in [5.41, 5.74) is 0.982. The van der Waals surface area contributed by atoms with Crippen molar-refractivity contribution in [2.24, 2.45) is 7.05 Å². The third-order valence-electron chi connectivity index (χ3n) is 3.52. The molecule has 0 saturated heterocycles. The van der Waals surface area contributed by atoms with Gasteiger partial charge in [-0.25, -0.2) is 0 Å². The van der Waals surface area contributed by atoms with Gasteiger partial charge in [0.25, 0.3) is 5.91 Å². The highest BCUT2D eigenvalue weighted by atomic mass is 16.5. The number of amides is 2. The first-order valence-corrected chi connectivity index (χ1v) is 8.72. The second-order valence-electron chi connectivity index (χ2n) is 6.17. The van der Waals surface area contributed by atoms with Gasteiger partial charge in [0.05, 0.1) is 13.2 Å². The Hall–Kier alpha value is -3.31. The fourth-order valence-electron chi connectivity index (χ4n) is 2.36. The molecule has 1 aromatic carbocycles. The number of methoxy groups -OCH3 is 1. The van der Waals surface area contributed by atoms with Crippen molar-refractivity contribution < 1.29 is 19.1 Å². The predicted molar refractivity (Wildman–Crippen MR) is 105 cm³/mol. The Morgan fingerprint density at radius 3 is 2.75 bits per heavy atom. The van der Waals surface area contributed by atoms with Gasteiger partial charge in [0.2, 0.25) is 5.91 Å². The van der Waals surface area contributed by atoms with Crippen LogP contribution in [-0.4, -0.2) is 48.0 Å². The van der Waals surface area contributed by atoms with Crippen LogP contribution in [0.3, 0.4) is 0 Å². The molecule has 28 heavy (non-hydrogen) atoms. The number of benzene rings is 1. The molecule has 8 nitrogen and oxygen atoms in total. The molecule has 0 unspecified atom stereocenters. The second-order valence-corrected chi connectivity index (χ2v) is 6.17. The molecule has 1 aromatic heterocycles. The van der Waals surface area contributed by atoms with Gasteiger partial charge in [-0.3, -0.25) is 14.3 Å². The number of hydrogen-bond donors (Lipinski definition) is 2. The molecule has 0 aliphatic rings. The van der Waals surface area contributed by atoms with Crippen molar-refractivity contribution >= 4 is 17.6 Å². The summed E-state index contributed by atoms with van der Waals surface area (Å²) in [5.74, 6) is 6.25. The first-order valence-electron chi connectivity index (χ1n) is 8.72. The lowest BCUT2D eigenvalue weighted by Crippen LogP contribution is -2.19. The van der Waals surface area contributed by atoms with Gasteiger partial charge in [-0.15, -0.1) is 0 Å². The van der Waals surface area contributed by atoms with Gasteiger partial charge in [0, 0.05) is 44.5 Å². The van der Waals surface area contributed by atoms with Crippen molar-refractivity contribution in [3.8, 4) is 17.6 Å². The quantitative estimate of drug-likeness (QED) is 0.707. The Morgan fingerprint density at radius 1 is 1.32 bits per heavy atom. The van der Waals surface area contributed by atoms with Crippen LogP contribution in [0.1, 0.15) is 29.8 Å². The molecule has 1 atom stereocenters. The fraction of sp³-hybridized carbons (Fsp3) is 0.350. The van der Waals surface area contributed by atoms with E-state index in [0.29, 0.717) is 29.3 Å². The maximum atomic E-state index is 12.6. The zero-order chi connectivity index (χ0) is 20.5. The summed E-state index contributed by atoms with van der Waals surface area (Å²) in [6.45, 7) is 3.92. The molecular formula is C20H24N4O4. The summed E-state index contributed by atoms with van der Waals surface area (Å²) in [6, 6.07) is 6.74. The van der Waals surface area contributed by atoms with Gasteiger partial charge in [0.15, 0.2) is 5.82 Å². The summed E-state index contributed by atoms with van der Waals surface area (Å²) in [7, 11) is 3.36. The number of nitrogens with zero attached hydrogens (tertiary/aromatic N) is 2. The standard InChI is InChI=1S/C20H24N4O4/c1-14(13-27-4)28-18-11-16(6-5-8-21-15(2)25)10-17(12-18)20(26)22-19-7-9-24(3)23-19/h7,9-12,14H,8,13H2,1-4H3,(H,21,25)(H,22,23,26)/t14-/m0/s1. The van der Waals surface area contributed by atoms with Crippen molar-refractivity contribution in [2.75, 3.05) is 25.6 Å². The van der Waals surface area contributed by atoms with Gasteiger partial charge in [-0.1, -0.05) is 11.8 Å². The normalized spacial score (nSPS) is 11.1.